The van der Waals surface area contributed by atoms with Crippen LogP contribution in [0, 0.1) is 11.6 Å². The van der Waals surface area contributed by atoms with E-state index in [1.54, 1.807) is 4.90 Å². The minimum Gasteiger partial charge on any atom is -0.343 e. The van der Waals surface area contributed by atoms with Gasteiger partial charge in [0.25, 0.3) is 0 Å². The Morgan fingerprint density at radius 1 is 1.39 bits per heavy atom. The van der Waals surface area contributed by atoms with Crippen molar-refractivity contribution < 1.29 is 13.6 Å². The number of carbonyl (C=O) groups excluding carboxylic acids is 1. The van der Waals surface area contributed by atoms with E-state index in [9.17, 15) is 13.6 Å². The summed E-state index contributed by atoms with van der Waals surface area (Å²) >= 11 is 0. The van der Waals surface area contributed by atoms with Crippen LogP contribution in [0.2, 0.25) is 0 Å². The number of hydrogen-bond donors (Lipinski definition) is 1. The Kier molecular flexibility index (Phi) is 5.71. The SMILES string of the molecule is CCN(CCCN)C(=O)Cc1ccc(F)cc1F. The van der Waals surface area contributed by atoms with E-state index >= 15 is 0 Å². The van der Waals surface area contributed by atoms with E-state index in [4.69, 9.17) is 5.73 Å². The second-order valence-corrected chi connectivity index (χ2v) is 4.03. The molecule has 0 atom stereocenters. The summed E-state index contributed by atoms with van der Waals surface area (Å²) in [5, 5.41) is 0. The van der Waals surface area contributed by atoms with E-state index in [1.165, 1.54) is 6.07 Å². The first-order valence-electron chi connectivity index (χ1n) is 6.00. The average molecular weight is 256 g/mol. The Hall–Kier alpha value is -1.49. The molecule has 0 aromatic heterocycles. The predicted octanol–water partition coefficient (Wildman–Crippen LogP) is 1.70. The van der Waals surface area contributed by atoms with Crippen molar-refractivity contribution in [1.29, 1.82) is 0 Å². The summed E-state index contributed by atoms with van der Waals surface area (Å²) in [6.07, 6.45) is 0.663. The molecular formula is C13H18F2N2O. The van der Waals surface area contributed by atoms with Gasteiger partial charge in [-0.25, -0.2) is 8.78 Å². The van der Waals surface area contributed by atoms with Crippen molar-refractivity contribution in [2.24, 2.45) is 5.73 Å². The van der Waals surface area contributed by atoms with Crippen molar-refractivity contribution in [2.75, 3.05) is 19.6 Å². The van der Waals surface area contributed by atoms with Gasteiger partial charge in [-0.2, -0.15) is 0 Å². The number of rotatable bonds is 6. The lowest BCUT2D eigenvalue weighted by atomic mass is 10.1. The number of carbonyl (C=O) groups is 1. The smallest absolute Gasteiger partial charge is 0.227 e. The fourth-order valence-corrected chi connectivity index (χ4v) is 1.68. The topological polar surface area (TPSA) is 46.3 Å². The molecule has 0 aliphatic carbocycles. The molecule has 0 aliphatic heterocycles. The number of nitrogens with zero attached hydrogens (tertiary/aromatic N) is 1. The summed E-state index contributed by atoms with van der Waals surface area (Å²) in [5.41, 5.74) is 5.60. The van der Waals surface area contributed by atoms with Gasteiger partial charge < -0.3 is 10.6 Å². The molecule has 0 aliphatic rings. The Morgan fingerprint density at radius 2 is 2.11 bits per heavy atom. The van der Waals surface area contributed by atoms with Crippen LogP contribution in [0.25, 0.3) is 0 Å². The highest BCUT2D eigenvalue weighted by Crippen LogP contribution is 2.11. The van der Waals surface area contributed by atoms with E-state index in [0.29, 0.717) is 26.1 Å². The minimum atomic E-state index is -0.682. The van der Waals surface area contributed by atoms with Crippen molar-refractivity contribution in [3.63, 3.8) is 0 Å². The van der Waals surface area contributed by atoms with Crippen LogP contribution >= 0.6 is 0 Å². The van der Waals surface area contributed by atoms with Crippen LogP contribution in [0.1, 0.15) is 18.9 Å². The quantitative estimate of drug-likeness (QED) is 0.842. The maximum Gasteiger partial charge on any atom is 0.227 e. The van der Waals surface area contributed by atoms with Crippen molar-refractivity contribution in [2.45, 2.75) is 19.8 Å². The van der Waals surface area contributed by atoms with Gasteiger partial charge in [0, 0.05) is 19.2 Å². The molecule has 100 valence electrons. The van der Waals surface area contributed by atoms with Gasteiger partial charge in [-0.05, 0) is 31.5 Å². The highest BCUT2D eigenvalue weighted by molar-refractivity contribution is 5.78. The van der Waals surface area contributed by atoms with Crippen LogP contribution in [0.4, 0.5) is 8.78 Å². The highest BCUT2D eigenvalue weighted by atomic mass is 19.1. The van der Waals surface area contributed by atoms with E-state index in [1.807, 2.05) is 6.92 Å². The first kappa shape index (κ1) is 14.6. The third-order valence-corrected chi connectivity index (χ3v) is 2.72. The summed E-state index contributed by atoms with van der Waals surface area (Å²) < 4.78 is 26.1. The lowest BCUT2D eigenvalue weighted by Gasteiger charge is -2.20. The fraction of sp³-hybridized carbons (Fsp3) is 0.462. The lowest BCUT2D eigenvalue weighted by molar-refractivity contribution is -0.130. The van der Waals surface area contributed by atoms with E-state index in [2.05, 4.69) is 0 Å². The molecule has 0 saturated heterocycles. The number of amides is 1. The molecule has 1 aromatic rings. The largest absolute Gasteiger partial charge is 0.343 e. The Morgan fingerprint density at radius 3 is 2.67 bits per heavy atom. The van der Waals surface area contributed by atoms with Gasteiger partial charge in [0.15, 0.2) is 0 Å². The minimum absolute atomic E-state index is 0.0511. The second kappa shape index (κ2) is 7.06. The molecular weight excluding hydrogens is 238 g/mol. The molecule has 0 fully saturated rings. The van der Waals surface area contributed by atoms with Crippen LogP contribution in [0.15, 0.2) is 18.2 Å². The Balaban J connectivity index is 2.67. The van der Waals surface area contributed by atoms with Gasteiger partial charge in [-0.3, -0.25) is 4.79 Å². The first-order valence-corrected chi connectivity index (χ1v) is 6.00. The van der Waals surface area contributed by atoms with E-state index in [0.717, 1.165) is 12.1 Å². The molecule has 0 unspecified atom stereocenters. The molecule has 0 heterocycles. The molecule has 0 bridgehead atoms. The summed E-state index contributed by atoms with van der Waals surface area (Å²) in [7, 11) is 0. The molecule has 0 spiro atoms. The summed E-state index contributed by atoms with van der Waals surface area (Å²) in [6, 6.07) is 3.25. The van der Waals surface area contributed by atoms with E-state index in [-0.39, 0.29) is 17.9 Å². The standard InChI is InChI=1S/C13H18F2N2O/c1-2-17(7-3-6-16)13(18)8-10-4-5-11(14)9-12(10)15/h4-5,9H,2-3,6-8,16H2,1H3. The van der Waals surface area contributed by atoms with Crippen molar-refractivity contribution >= 4 is 5.91 Å². The maximum atomic E-state index is 13.4. The number of hydrogen-bond acceptors (Lipinski definition) is 2. The zero-order valence-corrected chi connectivity index (χ0v) is 10.5. The molecule has 1 aromatic carbocycles. The molecule has 2 N–H and O–H groups in total. The number of likely N-dealkylation sites (N-methyl/N-ethyl adjacent to an activating group) is 1. The summed E-state index contributed by atoms with van der Waals surface area (Å²) in [4.78, 5) is 13.5. The number of nitrogens with two attached hydrogens (primary N) is 1. The van der Waals surface area contributed by atoms with Gasteiger partial charge in [0.2, 0.25) is 5.91 Å². The van der Waals surface area contributed by atoms with Gasteiger partial charge in [-0.15, -0.1) is 0 Å². The van der Waals surface area contributed by atoms with Crippen LogP contribution in [0.3, 0.4) is 0 Å². The van der Waals surface area contributed by atoms with Crippen LogP contribution in [-0.4, -0.2) is 30.4 Å². The molecule has 18 heavy (non-hydrogen) atoms. The molecule has 0 saturated carbocycles. The molecule has 5 heteroatoms. The van der Waals surface area contributed by atoms with Crippen molar-refractivity contribution in [1.82, 2.24) is 4.90 Å². The van der Waals surface area contributed by atoms with Crippen LogP contribution in [-0.2, 0) is 11.2 Å². The third-order valence-electron chi connectivity index (χ3n) is 2.72. The molecule has 1 amide bonds. The monoisotopic (exact) mass is 256 g/mol. The normalized spacial score (nSPS) is 10.4. The van der Waals surface area contributed by atoms with Crippen molar-refractivity contribution in [3.8, 4) is 0 Å². The first-order chi connectivity index (χ1) is 8.58. The highest BCUT2D eigenvalue weighted by Gasteiger charge is 2.14. The fourth-order valence-electron chi connectivity index (χ4n) is 1.68. The van der Waals surface area contributed by atoms with Gasteiger partial charge in [-0.1, -0.05) is 6.07 Å². The van der Waals surface area contributed by atoms with Gasteiger partial charge >= 0.3 is 0 Å². The predicted molar refractivity (Wildman–Crippen MR) is 66.0 cm³/mol. The van der Waals surface area contributed by atoms with Crippen molar-refractivity contribution in [3.05, 3.63) is 35.4 Å². The molecule has 3 nitrogen and oxygen atoms in total. The van der Waals surface area contributed by atoms with Gasteiger partial charge in [0.1, 0.15) is 11.6 Å². The third kappa shape index (κ3) is 4.07. The van der Waals surface area contributed by atoms with Crippen LogP contribution < -0.4 is 5.73 Å². The molecule has 1 rings (SSSR count). The zero-order chi connectivity index (χ0) is 13.5. The Bertz CT molecular complexity index is 410. The van der Waals surface area contributed by atoms with E-state index < -0.39 is 11.6 Å². The zero-order valence-electron chi connectivity index (χ0n) is 10.5. The van der Waals surface area contributed by atoms with Gasteiger partial charge in [0.05, 0.1) is 6.42 Å². The number of benzene rings is 1. The number of halogens is 2. The van der Waals surface area contributed by atoms with Crippen LogP contribution in [0.5, 0.6) is 0 Å². The Labute approximate surface area is 106 Å². The average Bonchev–Trinajstić information content (AvgIpc) is 2.34. The summed E-state index contributed by atoms with van der Waals surface area (Å²) in [6.45, 7) is 3.49. The lowest BCUT2D eigenvalue weighted by Crippen LogP contribution is -2.34. The second-order valence-electron chi connectivity index (χ2n) is 4.03. The maximum absolute atomic E-state index is 13.4. The summed E-state index contributed by atoms with van der Waals surface area (Å²) in [5.74, 6) is -1.49. The molecule has 0 radical (unpaired) electrons.